The molecule has 0 bridgehead atoms. The average Bonchev–Trinajstić information content (AvgIpc) is 3.07. The summed E-state index contributed by atoms with van der Waals surface area (Å²) in [6.45, 7) is 2.00. The summed E-state index contributed by atoms with van der Waals surface area (Å²) in [7, 11) is 0. The number of fused-ring (bicyclic) bond motifs is 1. The second-order valence-corrected chi connectivity index (χ2v) is 7.22. The monoisotopic (exact) mass is 366 g/mol. The van der Waals surface area contributed by atoms with Crippen LogP contribution < -0.4 is 0 Å². The van der Waals surface area contributed by atoms with Gasteiger partial charge >= 0.3 is 0 Å². The Morgan fingerprint density at radius 3 is 2.73 bits per heavy atom. The van der Waals surface area contributed by atoms with Crippen LogP contribution in [0.3, 0.4) is 0 Å². The van der Waals surface area contributed by atoms with E-state index in [0.717, 1.165) is 16.7 Å². The summed E-state index contributed by atoms with van der Waals surface area (Å²) < 4.78 is 1.33. The number of hydrogen-bond acceptors (Lipinski definition) is 6. The molecule has 26 heavy (non-hydrogen) atoms. The van der Waals surface area contributed by atoms with Crippen LogP contribution in [0.25, 0.3) is 11.4 Å². The first-order valence-corrected chi connectivity index (χ1v) is 8.87. The lowest BCUT2D eigenvalue weighted by Gasteiger charge is -2.20. The third kappa shape index (κ3) is 2.99. The second kappa shape index (κ2) is 6.38. The Hall–Kier alpha value is -3.00. The minimum absolute atomic E-state index is 0.0166. The zero-order chi connectivity index (χ0) is 18.3. The smallest absolute Gasteiger partial charge is 0.269 e. The third-order valence-electron chi connectivity index (χ3n) is 4.18. The van der Waals surface area contributed by atoms with E-state index in [1.54, 1.807) is 12.1 Å². The molecule has 0 aliphatic carbocycles. The van der Waals surface area contributed by atoms with Gasteiger partial charge in [-0.25, -0.2) is 4.98 Å². The highest BCUT2D eigenvalue weighted by molar-refractivity contribution is 7.99. The first kappa shape index (κ1) is 16.5. The molecule has 1 aliphatic heterocycles. The van der Waals surface area contributed by atoms with E-state index in [4.69, 9.17) is 0 Å². The highest BCUT2D eigenvalue weighted by atomic mass is 32.2. The molecule has 0 fully saturated rings. The molecule has 2 aromatic carbocycles. The highest BCUT2D eigenvalue weighted by Crippen LogP contribution is 2.42. The van der Waals surface area contributed by atoms with E-state index < -0.39 is 4.92 Å². The third-order valence-corrected chi connectivity index (χ3v) is 5.38. The molecule has 1 aromatic heterocycles. The summed E-state index contributed by atoms with van der Waals surface area (Å²) >= 11 is 1.40. The van der Waals surface area contributed by atoms with Crippen molar-refractivity contribution in [2.24, 2.45) is 0 Å². The fourth-order valence-electron chi connectivity index (χ4n) is 2.80. The number of carbonyl (C=O) groups is 1. The Morgan fingerprint density at radius 1 is 1.23 bits per heavy atom. The topological polar surface area (TPSA) is 90.9 Å². The zero-order valence-electron chi connectivity index (χ0n) is 13.8. The molecular formula is C18H14N4O3S. The van der Waals surface area contributed by atoms with Crippen LogP contribution in [0.5, 0.6) is 0 Å². The lowest BCUT2D eigenvalue weighted by Crippen LogP contribution is -2.21. The van der Waals surface area contributed by atoms with Gasteiger partial charge in [0.2, 0.25) is 0 Å². The average molecular weight is 366 g/mol. The van der Waals surface area contributed by atoms with Gasteiger partial charge in [-0.15, -0.1) is 5.10 Å². The maximum absolute atomic E-state index is 12.5. The van der Waals surface area contributed by atoms with Crippen LogP contribution >= 0.6 is 11.8 Å². The number of nitro groups is 1. The number of rotatable bonds is 3. The molecule has 4 rings (SSSR count). The van der Waals surface area contributed by atoms with Crippen LogP contribution in [0.15, 0.2) is 53.7 Å². The summed E-state index contributed by atoms with van der Waals surface area (Å²) in [6, 6.07) is 14.2. The fourth-order valence-corrected chi connectivity index (χ4v) is 3.94. The molecule has 0 unspecified atom stereocenters. The SMILES string of the molecule is Cc1ccc(-c2nc3n(n2)C(=O)C[C@H](c2cccc([N+](=O)[O-])c2)S3)cc1. The Labute approximate surface area is 153 Å². The van der Waals surface area contributed by atoms with Crippen molar-refractivity contribution in [1.29, 1.82) is 0 Å². The first-order chi connectivity index (χ1) is 12.5. The minimum Gasteiger partial charge on any atom is -0.272 e. The number of nitrogens with zero attached hydrogens (tertiary/aromatic N) is 4. The first-order valence-electron chi connectivity index (χ1n) is 7.99. The van der Waals surface area contributed by atoms with Crippen LogP contribution in [0.2, 0.25) is 0 Å². The molecule has 0 saturated carbocycles. The Morgan fingerprint density at radius 2 is 2.00 bits per heavy atom. The molecule has 7 nitrogen and oxygen atoms in total. The van der Waals surface area contributed by atoms with E-state index in [-0.39, 0.29) is 23.3 Å². The summed E-state index contributed by atoms with van der Waals surface area (Å²) in [6.07, 6.45) is 0.218. The molecular weight excluding hydrogens is 352 g/mol. The van der Waals surface area contributed by atoms with E-state index in [9.17, 15) is 14.9 Å². The zero-order valence-corrected chi connectivity index (χ0v) is 14.6. The molecule has 0 saturated heterocycles. The lowest BCUT2D eigenvalue weighted by molar-refractivity contribution is -0.384. The predicted octanol–water partition coefficient (Wildman–Crippen LogP) is 4.04. The van der Waals surface area contributed by atoms with Gasteiger partial charge in [0.05, 0.1) is 4.92 Å². The molecule has 1 atom stereocenters. The molecule has 1 aliphatic rings. The van der Waals surface area contributed by atoms with Gasteiger partial charge in [0.1, 0.15) is 0 Å². The Kier molecular flexibility index (Phi) is 4.04. The van der Waals surface area contributed by atoms with Gasteiger partial charge < -0.3 is 0 Å². The molecule has 3 aromatic rings. The Bertz CT molecular complexity index is 1010. The van der Waals surface area contributed by atoms with Crippen LogP contribution in [0.4, 0.5) is 5.69 Å². The summed E-state index contributed by atoms with van der Waals surface area (Å²) in [5.74, 6) is 0.335. The minimum atomic E-state index is -0.434. The van der Waals surface area contributed by atoms with Crippen LogP contribution in [0, 0.1) is 17.0 Å². The van der Waals surface area contributed by atoms with Crippen molar-refractivity contribution in [1.82, 2.24) is 14.8 Å². The fraction of sp³-hybridized carbons (Fsp3) is 0.167. The van der Waals surface area contributed by atoms with Crippen molar-refractivity contribution in [2.45, 2.75) is 23.8 Å². The number of benzene rings is 2. The maximum atomic E-state index is 12.5. The Balaban J connectivity index is 1.66. The van der Waals surface area contributed by atoms with Crippen molar-refractivity contribution >= 4 is 23.4 Å². The van der Waals surface area contributed by atoms with Crippen molar-refractivity contribution in [3.63, 3.8) is 0 Å². The van der Waals surface area contributed by atoms with Crippen LogP contribution in [0.1, 0.15) is 27.6 Å². The normalized spacial score (nSPS) is 16.3. The molecule has 0 amide bonds. The lowest BCUT2D eigenvalue weighted by atomic mass is 10.1. The molecule has 0 N–H and O–H groups in total. The van der Waals surface area contributed by atoms with Gasteiger partial charge in [-0.1, -0.05) is 53.7 Å². The number of thioether (sulfide) groups is 1. The second-order valence-electron chi connectivity index (χ2n) is 6.05. The van der Waals surface area contributed by atoms with Crippen molar-refractivity contribution in [3.05, 3.63) is 69.8 Å². The maximum Gasteiger partial charge on any atom is 0.269 e. The van der Waals surface area contributed by atoms with Crippen LogP contribution in [-0.2, 0) is 0 Å². The highest BCUT2D eigenvalue weighted by Gasteiger charge is 2.30. The predicted molar refractivity (Wildman–Crippen MR) is 97.1 cm³/mol. The number of hydrogen-bond donors (Lipinski definition) is 0. The quantitative estimate of drug-likeness (QED) is 0.513. The molecule has 8 heteroatoms. The van der Waals surface area contributed by atoms with Gasteiger partial charge in [-0.3, -0.25) is 14.9 Å². The van der Waals surface area contributed by atoms with Gasteiger partial charge in [-0.05, 0) is 12.5 Å². The largest absolute Gasteiger partial charge is 0.272 e. The van der Waals surface area contributed by atoms with E-state index >= 15 is 0 Å². The summed E-state index contributed by atoms with van der Waals surface area (Å²) in [5.41, 5.74) is 2.73. The summed E-state index contributed by atoms with van der Waals surface area (Å²) in [4.78, 5) is 27.5. The number of carbonyl (C=O) groups excluding carboxylic acids is 1. The van der Waals surface area contributed by atoms with E-state index in [1.165, 1.54) is 28.6 Å². The van der Waals surface area contributed by atoms with Crippen molar-refractivity contribution < 1.29 is 9.72 Å². The van der Waals surface area contributed by atoms with Crippen molar-refractivity contribution in [3.8, 4) is 11.4 Å². The van der Waals surface area contributed by atoms with Crippen molar-refractivity contribution in [2.75, 3.05) is 0 Å². The van der Waals surface area contributed by atoms with E-state index in [1.807, 2.05) is 31.2 Å². The van der Waals surface area contributed by atoms with Gasteiger partial charge in [0, 0.05) is 29.4 Å². The number of non-ortho nitro benzene ring substituents is 1. The standard InChI is InChI=1S/C18H14N4O3S/c1-11-5-7-12(8-6-11)17-19-18-21(20-17)16(23)10-15(26-18)13-3-2-4-14(9-13)22(24)25/h2-9,15H,10H2,1H3/t15-/m1/s1. The summed E-state index contributed by atoms with van der Waals surface area (Å²) in [5, 5.41) is 15.6. The molecule has 2 heterocycles. The van der Waals surface area contributed by atoms with E-state index in [2.05, 4.69) is 10.1 Å². The van der Waals surface area contributed by atoms with E-state index in [0.29, 0.717) is 11.0 Å². The molecule has 130 valence electrons. The van der Waals surface area contributed by atoms with Gasteiger partial charge in [-0.2, -0.15) is 4.68 Å². The van der Waals surface area contributed by atoms with Gasteiger partial charge in [0.25, 0.3) is 11.6 Å². The van der Waals surface area contributed by atoms with Gasteiger partial charge in [0.15, 0.2) is 11.0 Å². The number of aryl methyl sites for hydroxylation is 1. The molecule has 0 spiro atoms. The molecule has 0 radical (unpaired) electrons. The number of nitro benzene ring substituents is 1. The van der Waals surface area contributed by atoms with Crippen LogP contribution in [-0.4, -0.2) is 25.6 Å². The number of aromatic nitrogens is 3.